The fourth-order valence-corrected chi connectivity index (χ4v) is 1.67. The monoisotopic (exact) mass is 321 g/mol. The van der Waals surface area contributed by atoms with Gasteiger partial charge in [-0.15, -0.1) is 0 Å². The molecule has 112 valence electrons. The fourth-order valence-electron chi connectivity index (χ4n) is 1.51. The van der Waals surface area contributed by atoms with Crippen LogP contribution in [-0.2, 0) is 13.2 Å². The summed E-state index contributed by atoms with van der Waals surface area (Å²) in [6, 6.07) is 3.92. The van der Waals surface area contributed by atoms with Crippen molar-refractivity contribution >= 4 is 23.2 Å². The van der Waals surface area contributed by atoms with Crippen molar-refractivity contribution in [1.29, 1.82) is 0 Å². The number of nitrogens with one attached hydrogen (secondary N) is 1. The number of anilines is 2. The minimum absolute atomic E-state index is 0.129. The second-order valence-electron chi connectivity index (χ2n) is 4.11. The van der Waals surface area contributed by atoms with E-state index in [1.807, 2.05) is 0 Å². The molecule has 0 atom stereocenters. The van der Waals surface area contributed by atoms with Crippen LogP contribution in [0.5, 0.6) is 0 Å². The van der Waals surface area contributed by atoms with E-state index in [4.69, 9.17) is 11.6 Å². The van der Waals surface area contributed by atoms with Crippen LogP contribution in [0.4, 0.5) is 29.2 Å². The van der Waals surface area contributed by atoms with Gasteiger partial charge in [0.1, 0.15) is 5.82 Å². The van der Waals surface area contributed by atoms with Crippen LogP contribution in [0.25, 0.3) is 0 Å². The van der Waals surface area contributed by atoms with E-state index in [0.717, 1.165) is 10.6 Å². The highest BCUT2D eigenvalue weighted by Crippen LogP contribution is 2.28. The van der Waals surface area contributed by atoms with Gasteiger partial charge in [-0.05, 0) is 18.2 Å². The van der Waals surface area contributed by atoms with E-state index >= 15 is 0 Å². The molecule has 0 radical (unpaired) electrons. The third kappa shape index (κ3) is 3.33. The molecule has 1 aromatic carbocycles. The van der Waals surface area contributed by atoms with Gasteiger partial charge in [-0.2, -0.15) is 13.2 Å². The van der Waals surface area contributed by atoms with E-state index in [9.17, 15) is 22.4 Å². The fraction of sp³-hybridized carbons (Fsp3) is 0.167. The Bertz CT molecular complexity index is 742. The first kappa shape index (κ1) is 15.3. The van der Waals surface area contributed by atoms with Crippen molar-refractivity contribution in [1.82, 2.24) is 9.55 Å². The lowest BCUT2D eigenvalue weighted by molar-refractivity contribution is -0.141. The zero-order chi connectivity index (χ0) is 15.8. The number of nitrogens with zero attached hydrogens (tertiary/aromatic N) is 2. The first-order valence-electron chi connectivity index (χ1n) is 5.56. The third-order valence-electron chi connectivity index (χ3n) is 2.60. The Balaban J connectivity index is 2.49. The number of aromatic nitrogens is 2. The SMILES string of the molecule is Cn1c(Nc2ccc(Cl)cc2F)nc(C(F)(F)F)cc1=O. The van der Waals surface area contributed by atoms with Gasteiger partial charge in [0.25, 0.3) is 5.56 Å². The Morgan fingerprint density at radius 1 is 1.29 bits per heavy atom. The molecule has 0 spiro atoms. The van der Waals surface area contributed by atoms with Gasteiger partial charge >= 0.3 is 6.18 Å². The predicted octanol–water partition coefficient (Wildman–Crippen LogP) is 3.34. The summed E-state index contributed by atoms with van der Waals surface area (Å²) in [5, 5.41) is 2.47. The Morgan fingerprint density at radius 3 is 2.52 bits per heavy atom. The Hall–Kier alpha value is -2.09. The molecule has 0 fully saturated rings. The summed E-state index contributed by atoms with van der Waals surface area (Å²) < 4.78 is 52.3. The molecule has 0 unspecified atom stereocenters. The molecule has 0 aliphatic heterocycles. The van der Waals surface area contributed by atoms with Gasteiger partial charge in [0.2, 0.25) is 5.95 Å². The smallest absolute Gasteiger partial charge is 0.323 e. The van der Waals surface area contributed by atoms with Crippen molar-refractivity contribution in [3.8, 4) is 0 Å². The van der Waals surface area contributed by atoms with Gasteiger partial charge in [-0.3, -0.25) is 9.36 Å². The maximum atomic E-state index is 13.6. The molecule has 0 bridgehead atoms. The standard InChI is InChI=1S/C12H8ClF4N3O/c1-20-10(21)5-9(12(15,16)17)19-11(20)18-8-3-2-6(13)4-7(8)14/h2-5H,1H3,(H,18,19). The molecule has 9 heteroatoms. The highest BCUT2D eigenvalue weighted by Gasteiger charge is 2.34. The van der Waals surface area contributed by atoms with Crippen molar-refractivity contribution in [3.63, 3.8) is 0 Å². The molecule has 0 saturated heterocycles. The molecular formula is C12H8ClF4N3O. The van der Waals surface area contributed by atoms with E-state index in [1.165, 1.54) is 19.2 Å². The highest BCUT2D eigenvalue weighted by atomic mass is 35.5. The van der Waals surface area contributed by atoms with Crippen molar-refractivity contribution in [3.05, 3.63) is 51.2 Å². The molecule has 21 heavy (non-hydrogen) atoms. The molecule has 1 N–H and O–H groups in total. The van der Waals surface area contributed by atoms with Crippen LogP contribution in [0.3, 0.4) is 0 Å². The lowest BCUT2D eigenvalue weighted by Crippen LogP contribution is -2.24. The number of rotatable bonds is 2. The summed E-state index contributed by atoms with van der Waals surface area (Å²) in [4.78, 5) is 14.8. The Kier molecular flexibility index (Phi) is 3.91. The number of hydrogen-bond acceptors (Lipinski definition) is 3. The maximum absolute atomic E-state index is 13.6. The minimum atomic E-state index is -4.78. The maximum Gasteiger partial charge on any atom is 0.433 e. The van der Waals surface area contributed by atoms with Crippen molar-refractivity contribution < 1.29 is 17.6 Å². The third-order valence-corrected chi connectivity index (χ3v) is 2.84. The summed E-state index contributed by atoms with van der Waals surface area (Å²) in [6.07, 6.45) is -4.78. The molecule has 0 aliphatic rings. The molecule has 2 aromatic rings. The van der Waals surface area contributed by atoms with E-state index in [0.29, 0.717) is 6.07 Å². The largest absolute Gasteiger partial charge is 0.433 e. The predicted molar refractivity (Wildman–Crippen MR) is 69.2 cm³/mol. The number of halogens is 5. The molecule has 1 heterocycles. The summed E-state index contributed by atoms with van der Waals surface area (Å²) in [6.45, 7) is 0. The van der Waals surface area contributed by atoms with Crippen LogP contribution in [-0.4, -0.2) is 9.55 Å². The van der Waals surface area contributed by atoms with Crippen molar-refractivity contribution in [2.75, 3.05) is 5.32 Å². The number of benzene rings is 1. The normalized spacial score (nSPS) is 11.5. The zero-order valence-electron chi connectivity index (χ0n) is 10.5. The van der Waals surface area contributed by atoms with Gasteiger partial charge in [0.15, 0.2) is 5.69 Å². The lowest BCUT2D eigenvalue weighted by Gasteiger charge is -2.13. The van der Waals surface area contributed by atoms with Crippen molar-refractivity contribution in [2.24, 2.45) is 7.05 Å². The van der Waals surface area contributed by atoms with Crippen LogP contribution in [0.15, 0.2) is 29.1 Å². The molecule has 0 aliphatic carbocycles. The van der Waals surface area contributed by atoms with Gasteiger partial charge in [-0.25, -0.2) is 9.37 Å². The molecular weight excluding hydrogens is 314 g/mol. The number of alkyl halides is 3. The molecule has 0 saturated carbocycles. The van der Waals surface area contributed by atoms with E-state index in [-0.39, 0.29) is 10.7 Å². The zero-order valence-corrected chi connectivity index (χ0v) is 11.3. The van der Waals surface area contributed by atoms with Gasteiger partial charge in [0, 0.05) is 18.1 Å². The first-order valence-corrected chi connectivity index (χ1v) is 5.93. The molecule has 2 rings (SSSR count). The van der Waals surface area contributed by atoms with Gasteiger partial charge in [0.05, 0.1) is 5.69 Å². The molecule has 0 amide bonds. The second kappa shape index (κ2) is 5.36. The van der Waals surface area contributed by atoms with Crippen LogP contribution in [0.1, 0.15) is 5.69 Å². The quantitative estimate of drug-likeness (QED) is 0.863. The number of hydrogen-bond donors (Lipinski definition) is 1. The lowest BCUT2D eigenvalue weighted by atomic mass is 10.3. The summed E-state index contributed by atoms with van der Waals surface area (Å²) in [5.74, 6) is -1.22. The summed E-state index contributed by atoms with van der Waals surface area (Å²) in [7, 11) is 1.21. The van der Waals surface area contributed by atoms with Crippen LogP contribution in [0.2, 0.25) is 5.02 Å². The second-order valence-corrected chi connectivity index (χ2v) is 4.55. The summed E-state index contributed by atoms with van der Waals surface area (Å²) >= 11 is 5.57. The van der Waals surface area contributed by atoms with Crippen LogP contribution < -0.4 is 10.9 Å². The molecule has 4 nitrogen and oxygen atoms in total. The summed E-state index contributed by atoms with van der Waals surface area (Å²) in [5.41, 5.74) is -2.43. The van der Waals surface area contributed by atoms with E-state index < -0.39 is 29.2 Å². The average Bonchev–Trinajstić information content (AvgIpc) is 2.36. The van der Waals surface area contributed by atoms with Crippen LogP contribution in [0, 0.1) is 5.82 Å². The average molecular weight is 322 g/mol. The van der Waals surface area contributed by atoms with Gasteiger partial charge in [-0.1, -0.05) is 11.6 Å². The molecule has 1 aromatic heterocycles. The minimum Gasteiger partial charge on any atom is -0.323 e. The Morgan fingerprint density at radius 2 is 1.95 bits per heavy atom. The van der Waals surface area contributed by atoms with Crippen molar-refractivity contribution in [2.45, 2.75) is 6.18 Å². The van der Waals surface area contributed by atoms with E-state index in [2.05, 4.69) is 10.3 Å². The Labute approximate surface area is 121 Å². The first-order chi connectivity index (χ1) is 9.68. The highest BCUT2D eigenvalue weighted by molar-refractivity contribution is 6.30. The van der Waals surface area contributed by atoms with Gasteiger partial charge < -0.3 is 5.32 Å². The van der Waals surface area contributed by atoms with Crippen LogP contribution >= 0.6 is 11.6 Å². The topological polar surface area (TPSA) is 46.9 Å². The van der Waals surface area contributed by atoms with E-state index in [1.54, 1.807) is 0 Å².